The van der Waals surface area contributed by atoms with Gasteiger partial charge in [-0.2, -0.15) is 0 Å². The Morgan fingerprint density at radius 1 is 0.341 bits per heavy atom. The van der Waals surface area contributed by atoms with E-state index in [2.05, 4.69) is 133 Å². The fraction of sp³-hybridized carbons (Fsp3) is 0. The number of fused-ring (bicyclic) bond motifs is 9. The molecule has 0 aliphatic carbocycles. The molecule has 0 unspecified atom stereocenters. The lowest BCUT2D eigenvalue weighted by atomic mass is 9.85. The van der Waals surface area contributed by atoms with E-state index in [0.29, 0.717) is 0 Å². The summed E-state index contributed by atoms with van der Waals surface area (Å²) in [5.74, 6) is 0. The minimum atomic E-state index is 0.921. The average molecular weight is 577 g/mol. The highest BCUT2D eigenvalue weighted by Gasteiger charge is 2.18. The zero-order chi connectivity index (χ0) is 28.8. The van der Waals surface area contributed by atoms with Gasteiger partial charge in [-0.1, -0.05) is 109 Å². The molecule has 0 radical (unpaired) electrons. The molecule has 0 aliphatic heterocycles. The Morgan fingerprint density at radius 3 is 1.57 bits per heavy atom. The SMILES string of the molecule is c1ccc2cc3c(cc2c1)sc1cc(-c2c4ccccc4c(-c4ccc5oc6ccccc6c5c4)c4ccccc24)ccc13. The zero-order valence-corrected chi connectivity index (χ0v) is 24.5. The van der Waals surface area contributed by atoms with Crippen molar-refractivity contribution in [3.8, 4) is 22.3 Å². The van der Waals surface area contributed by atoms with Crippen LogP contribution in [0.1, 0.15) is 0 Å². The number of hydrogen-bond acceptors (Lipinski definition) is 2. The maximum atomic E-state index is 6.18. The lowest BCUT2D eigenvalue weighted by molar-refractivity contribution is 0.669. The Hall–Kier alpha value is -5.44. The van der Waals surface area contributed by atoms with Crippen LogP contribution in [0.25, 0.3) is 96.7 Å². The van der Waals surface area contributed by atoms with E-state index >= 15 is 0 Å². The number of para-hydroxylation sites is 1. The number of hydrogen-bond donors (Lipinski definition) is 0. The second-order valence-corrected chi connectivity index (χ2v) is 12.7. The van der Waals surface area contributed by atoms with E-state index in [1.54, 1.807) is 0 Å². The van der Waals surface area contributed by atoms with Gasteiger partial charge >= 0.3 is 0 Å². The molecular formula is C42H24OS. The minimum Gasteiger partial charge on any atom is -0.456 e. The minimum absolute atomic E-state index is 0.921. The van der Waals surface area contributed by atoms with Crippen molar-refractivity contribution in [2.45, 2.75) is 0 Å². The summed E-state index contributed by atoms with van der Waals surface area (Å²) in [5, 5.41) is 12.6. The molecule has 0 atom stereocenters. The molecule has 44 heavy (non-hydrogen) atoms. The monoisotopic (exact) mass is 576 g/mol. The number of furan rings is 1. The van der Waals surface area contributed by atoms with E-state index in [1.165, 1.54) is 74.7 Å². The molecule has 2 aromatic heterocycles. The average Bonchev–Trinajstić information content (AvgIpc) is 3.62. The van der Waals surface area contributed by atoms with Crippen LogP contribution in [0.5, 0.6) is 0 Å². The van der Waals surface area contributed by atoms with Gasteiger partial charge in [0.05, 0.1) is 0 Å². The molecule has 10 aromatic rings. The Balaban J connectivity index is 1.25. The largest absolute Gasteiger partial charge is 0.456 e. The van der Waals surface area contributed by atoms with Crippen molar-refractivity contribution in [1.29, 1.82) is 0 Å². The Bertz CT molecular complexity index is 2720. The second-order valence-electron chi connectivity index (χ2n) is 11.7. The lowest BCUT2D eigenvalue weighted by Crippen LogP contribution is -1.90. The van der Waals surface area contributed by atoms with Crippen molar-refractivity contribution in [3.63, 3.8) is 0 Å². The molecule has 0 spiro atoms. The molecule has 2 heterocycles. The molecule has 0 bridgehead atoms. The third-order valence-electron chi connectivity index (χ3n) is 9.23. The van der Waals surface area contributed by atoms with E-state index in [0.717, 1.165) is 21.9 Å². The first-order valence-electron chi connectivity index (χ1n) is 15.0. The summed E-state index contributed by atoms with van der Waals surface area (Å²) in [6.45, 7) is 0. The summed E-state index contributed by atoms with van der Waals surface area (Å²) in [5.41, 5.74) is 6.86. The summed E-state index contributed by atoms with van der Waals surface area (Å²) in [6, 6.07) is 53.1. The van der Waals surface area contributed by atoms with E-state index in [9.17, 15) is 0 Å². The van der Waals surface area contributed by atoms with Crippen molar-refractivity contribution in [1.82, 2.24) is 0 Å². The van der Waals surface area contributed by atoms with Gasteiger partial charge in [-0.15, -0.1) is 11.3 Å². The molecule has 0 amide bonds. The lowest BCUT2D eigenvalue weighted by Gasteiger charge is -2.18. The van der Waals surface area contributed by atoms with Crippen LogP contribution in [0.2, 0.25) is 0 Å². The first-order valence-corrected chi connectivity index (χ1v) is 15.8. The van der Waals surface area contributed by atoms with Gasteiger partial charge in [0.15, 0.2) is 0 Å². The Labute approximate surface area is 257 Å². The summed E-state index contributed by atoms with van der Waals surface area (Å²) < 4.78 is 8.83. The van der Waals surface area contributed by atoms with Crippen LogP contribution in [0, 0.1) is 0 Å². The number of rotatable bonds is 2. The maximum Gasteiger partial charge on any atom is 0.135 e. The molecular weight excluding hydrogens is 553 g/mol. The predicted octanol–water partition coefficient (Wildman–Crippen LogP) is 12.7. The predicted molar refractivity (Wildman–Crippen MR) is 190 cm³/mol. The van der Waals surface area contributed by atoms with Gasteiger partial charge in [0, 0.05) is 30.9 Å². The summed E-state index contributed by atoms with van der Waals surface area (Å²) >= 11 is 1.89. The van der Waals surface area contributed by atoms with Gasteiger partial charge in [0.2, 0.25) is 0 Å². The Morgan fingerprint density at radius 2 is 0.864 bits per heavy atom. The van der Waals surface area contributed by atoms with Crippen LogP contribution in [0.4, 0.5) is 0 Å². The van der Waals surface area contributed by atoms with Gasteiger partial charge in [0.25, 0.3) is 0 Å². The molecule has 0 aliphatic rings. The van der Waals surface area contributed by atoms with Crippen molar-refractivity contribution in [2.24, 2.45) is 0 Å². The topological polar surface area (TPSA) is 13.1 Å². The van der Waals surface area contributed by atoms with Crippen molar-refractivity contribution < 1.29 is 4.42 Å². The third-order valence-corrected chi connectivity index (χ3v) is 10.3. The van der Waals surface area contributed by atoms with Crippen LogP contribution < -0.4 is 0 Å². The highest BCUT2D eigenvalue weighted by atomic mass is 32.1. The van der Waals surface area contributed by atoms with Crippen molar-refractivity contribution in [3.05, 3.63) is 146 Å². The molecule has 0 saturated carbocycles. The maximum absolute atomic E-state index is 6.18. The van der Waals surface area contributed by atoms with E-state index < -0.39 is 0 Å². The molecule has 0 saturated heterocycles. The normalized spacial score (nSPS) is 12.1. The smallest absolute Gasteiger partial charge is 0.135 e. The first kappa shape index (κ1) is 24.0. The standard InChI is InChI=1S/C42H24OS/c1-2-10-26-23-40-36(21-25(26)9-1)30-19-17-28(24-39(30)44-40)42-33-14-5-3-12-31(33)41(32-13-4-6-15-34(32)42)27-18-20-38-35(22-27)29-11-7-8-16-37(29)43-38/h1-24H. The van der Waals surface area contributed by atoms with Crippen molar-refractivity contribution in [2.75, 3.05) is 0 Å². The molecule has 10 rings (SSSR count). The van der Waals surface area contributed by atoms with Crippen LogP contribution in [-0.2, 0) is 0 Å². The van der Waals surface area contributed by atoms with Gasteiger partial charge in [-0.3, -0.25) is 0 Å². The first-order chi connectivity index (χ1) is 21.8. The fourth-order valence-corrected chi connectivity index (χ4v) is 8.43. The van der Waals surface area contributed by atoms with E-state index in [-0.39, 0.29) is 0 Å². The molecule has 204 valence electrons. The summed E-state index contributed by atoms with van der Waals surface area (Å²) in [4.78, 5) is 0. The highest BCUT2D eigenvalue weighted by molar-refractivity contribution is 7.25. The summed E-state index contributed by atoms with van der Waals surface area (Å²) in [6.07, 6.45) is 0. The highest BCUT2D eigenvalue weighted by Crippen LogP contribution is 2.46. The van der Waals surface area contributed by atoms with Crippen molar-refractivity contribution >= 4 is 85.8 Å². The van der Waals surface area contributed by atoms with Gasteiger partial charge in [0.1, 0.15) is 11.2 Å². The number of benzene rings is 8. The molecule has 8 aromatic carbocycles. The quantitative estimate of drug-likeness (QED) is 0.187. The van der Waals surface area contributed by atoms with E-state index in [1.807, 2.05) is 23.5 Å². The van der Waals surface area contributed by atoms with Crippen LogP contribution in [0.3, 0.4) is 0 Å². The third kappa shape index (κ3) is 3.40. The molecule has 0 fully saturated rings. The fourth-order valence-electron chi connectivity index (χ4n) is 7.25. The van der Waals surface area contributed by atoms with E-state index in [4.69, 9.17) is 4.42 Å². The molecule has 2 heteroatoms. The van der Waals surface area contributed by atoms with Gasteiger partial charge in [-0.05, 0) is 91.0 Å². The van der Waals surface area contributed by atoms with Crippen LogP contribution in [-0.4, -0.2) is 0 Å². The Kier molecular flexibility index (Phi) is 4.94. The number of thiophene rings is 1. The van der Waals surface area contributed by atoms with Crippen LogP contribution in [0.15, 0.2) is 150 Å². The van der Waals surface area contributed by atoms with Crippen LogP contribution >= 0.6 is 11.3 Å². The second kappa shape index (κ2) is 9.03. The molecule has 1 nitrogen and oxygen atoms in total. The summed E-state index contributed by atoms with van der Waals surface area (Å²) in [7, 11) is 0. The van der Waals surface area contributed by atoms with Gasteiger partial charge < -0.3 is 4.42 Å². The molecule has 0 N–H and O–H groups in total. The zero-order valence-electron chi connectivity index (χ0n) is 23.7. The van der Waals surface area contributed by atoms with Gasteiger partial charge in [-0.25, -0.2) is 0 Å².